The van der Waals surface area contributed by atoms with Crippen molar-refractivity contribution in [1.82, 2.24) is 9.80 Å². The Morgan fingerprint density at radius 1 is 1.29 bits per heavy atom. The Morgan fingerprint density at radius 3 is 2.33 bits per heavy atom. The average molecular weight is 336 g/mol. The summed E-state index contributed by atoms with van der Waals surface area (Å²) in [4.78, 5) is 26.7. The molecule has 0 heterocycles. The van der Waals surface area contributed by atoms with Crippen molar-refractivity contribution in [2.24, 2.45) is 0 Å². The second-order valence-electron chi connectivity index (χ2n) is 4.52. The Morgan fingerprint density at radius 2 is 1.86 bits per heavy atom. The van der Waals surface area contributed by atoms with Gasteiger partial charge in [0.25, 0.3) is 5.91 Å². The van der Waals surface area contributed by atoms with E-state index in [2.05, 4.69) is 0 Å². The van der Waals surface area contributed by atoms with Crippen LogP contribution in [0.3, 0.4) is 0 Å². The third-order valence-electron chi connectivity index (χ3n) is 2.77. The Kier molecular flexibility index (Phi) is 7.32. The van der Waals surface area contributed by atoms with Gasteiger partial charge in [-0.2, -0.15) is 0 Å². The summed E-state index contributed by atoms with van der Waals surface area (Å²) in [7, 11) is 6.22. The monoisotopic (exact) mass is 335 g/mol. The predicted molar refractivity (Wildman–Crippen MR) is 85.3 cm³/mol. The first kappa shape index (κ1) is 19.3. The molecule has 21 heavy (non-hydrogen) atoms. The maximum absolute atomic E-state index is 12.3. The minimum absolute atomic E-state index is 0. The average Bonchev–Trinajstić information content (AvgIpc) is 2.40. The van der Waals surface area contributed by atoms with Gasteiger partial charge in [-0.1, -0.05) is 11.6 Å². The summed E-state index contributed by atoms with van der Waals surface area (Å²) in [5.74, 6) is -0.221. The highest BCUT2D eigenvalue weighted by atomic mass is 35.5. The Labute approximate surface area is 135 Å². The number of anilines is 1. The lowest BCUT2D eigenvalue weighted by molar-refractivity contribution is -0.129. The van der Waals surface area contributed by atoms with Gasteiger partial charge in [0.1, 0.15) is 5.75 Å². The molecule has 0 bridgehead atoms. The van der Waals surface area contributed by atoms with Crippen molar-refractivity contribution in [1.29, 1.82) is 0 Å². The van der Waals surface area contributed by atoms with E-state index in [0.29, 0.717) is 11.4 Å². The van der Waals surface area contributed by atoms with Gasteiger partial charge >= 0.3 is 0 Å². The smallest absolute Gasteiger partial charge is 0.257 e. The number of rotatable bonds is 4. The molecule has 1 rings (SSSR count). The van der Waals surface area contributed by atoms with Crippen molar-refractivity contribution in [3.8, 4) is 5.75 Å². The Bertz CT molecular complexity index is 536. The fraction of sp³-hybridized carbons (Fsp3) is 0.385. The van der Waals surface area contributed by atoms with Crippen molar-refractivity contribution in [3.05, 3.63) is 22.7 Å². The van der Waals surface area contributed by atoms with Crippen LogP contribution in [0.1, 0.15) is 10.4 Å². The topological polar surface area (TPSA) is 75.9 Å². The van der Waals surface area contributed by atoms with E-state index in [1.54, 1.807) is 14.1 Å². The molecule has 2 N–H and O–H groups in total. The van der Waals surface area contributed by atoms with Crippen LogP contribution >= 0.6 is 24.0 Å². The summed E-state index contributed by atoms with van der Waals surface area (Å²) < 4.78 is 5.12. The number of hydrogen-bond acceptors (Lipinski definition) is 4. The molecule has 0 radical (unpaired) electrons. The number of nitrogens with two attached hydrogens (primary N) is 1. The summed E-state index contributed by atoms with van der Waals surface area (Å²) >= 11 is 5.92. The van der Waals surface area contributed by atoms with Crippen LogP contribution in [-0.2, 0) is 4.79 Å². The number of nitrogen functional groups attached to an aromatic ring is 1. The maximum Gasteiger partial charge on any atom is 0.257 e. The number of carbonyl (C=O) groups is 2. The van der Waals surface area contributed by atoms with Crippen LogP contribution in [0.5, 0.6) is 5.75 Å². The van der Waals surface area contributed by atoms with Gasteiger partial charge in [-0.3, -0.25) is 9.59 Å². The Balaban J connectivity index is 0.00000400. The molecule has 0 aliphatic carbocycles. The van der Waals surface area contributed by atoms with Crippen LogP contribution in [0.25, 0.3) is 0 Å². The minimum atomic E-state index is -0.362. The number of benzene rings is 1. The number of halogens is 2. The molecule has 0 aromatic heterocycles. The molecule has 0 unspecified atom stereocenters. The van der Waals surface area contributed by atoms with E-state index >= 15 is 0 Å². The van der Waals surface area contributed by atoms with Gasteiger partial charge < -0.3 is 20.3 Å². The van der Waals surface area contributed by atoms with Crippen molar-refractivity contribution in [2.45, 2.75) is 0 Å². The molecule has 118 valence electrons. The highest BCUT2D eigenvalue weighted by Gasteiger charge is 2.20. The fourth-order valence-corrected chi connectivity index (χ4v) is 1.69. The number of hydrogen-bond donors (Lipinski definition) is 1. The zero-order valence-electron chi connectivity index (χ0n) is 12.3. The molecule has 0 saturated heterocycles. The third kappa shape index (κ3) is 4.68. The van der Waals surface area contributed by atoms with Gasteiger partial charge in [-0.25, -0.2) is 0 Å². The van der Waals surface area contributed by atoms with Crippen molar-refractivity contribution in [2.75, 3.05) is 40.5 Å². The van der Waals surface area contributed by atoms with Gasteiger partial charge in [0.15, 0.2) is 0 Å². The molecule has 8 heteroatoms. The van der Waals surface area contributed by atoms with Gasteiger partial charge in [-0.05, 0) is 6.07 Å². The van der Waals surface area contributed by atoms with Crippen LogP contribution in [0.15, 0.2) is 12.1 Å². The molecule has 0 atom stereocenters. The maximum atomic E-state index is 12.3. The number of carbonyl (C=O) groups excluding carboxylic acids is 2. The SMILES string of the molecule is COc1cc(N)c(Cl)cc1C(=O)N(C)CC(=O)N(C)C.Cl. The highest BCUT2D eigenvalue weighted by molar-refractivity contribution is 6.33. The van der Waals surface area contributed by atoms with E-state index in [1.807, 2.05) is 0 Å². The molecule has 0 saturated carbocycles. The summed E-state index contributed by atoms with van der Waals surface area (Å²) in [6.07, 6.45) is 0. The van der Waals surface area contributed by atoms with E-state index in [-0.39, 0.29) is 41.4 Å². The normalized spacial score (nSPS) is 9.57. The first-order chi connectivity index (χ1) is 9.27. The largest absolute Gasteiger partial charge is 0.496 e. The molecule has 1 aromatic carbocycles. The molecular weight excluding hydrogens is 317 g/mol. The van der Waals surface area contributed by atoms with E-state index in [1.165, 1.54) is 36.1 Å². The minimum Gasteiger partial charge on any atom is -0.496 e. The Hall–Kier alpha value is -1.66. The number of methoxy groups -OCH3 is 1. The van der Waals surface area contributed by atoms with E-state index in [4.69, 9.17) is 22.1 Å². The molecule has 0 spiro atoms. The lowest BCUT2D eigenvalue weighted by Gasteiger charge is -2.20. The first-order valence-electron chi connectivity index (χ1n) is 5.86. The third-order valence-corrected chi connectivity index (χ3v) is 3.09. The zero-order chi connectivity index (χ0) is 15.4. The molecule has 2 amide bonds. The summed E-state index contributed by atoms with van der Waals surface area (Å²) in [5, 5.41) is 0.265. The van der Waals surface area contributed by atoms with E-state index in [9.17, 15) is 9.59 Å². The van der Waals surface area contributed by atoms with Crippen molar-refractivity contribution >= 4 is 41.5 Å². The molecule has 1 aromatic rings. The van der Waals surface area contributed by atoms with Crippen LogP contribution in [0.4, 0.5) is 5.69 Å². The molecular formula is C13H19Cl2N3O3. The number of ether oxygens (including phenoxy) is 1. The molecule has 0 aliphatic heterocycles. The van der Waals surface area contributed by atoms with Gasteiger partial charge in [0.05, 0.1) is 29.9 Å². The van der Waals surface area contributed by atoms with Crippen LogP contribution in [0, 0.1) is 0 Å². The summed E-state index contributed by atoms with van der Waals surface area (Å²) in [6.45, 7) is -0.0308. The van der Waals surface area contributed by atoms with E-state index in [0.717, 1.165) is 0 Å². The molecule has 0 aliphatic rings. The van der Waals surface area contributed by atoms with Gasteiger partial charge in [0, 0.05) is 27.2 Å². The zero-order valence-corrected chi connectivity index (χ0v) is 13.9. The number of likely N-dealkylation sites (N-methyl/N-ethyl adjacent to an activating group) is 2. The second kappa shape index (κ2) is 7.95. The lowest BCUT2D eigenvalue weighted by atomic mass is 10.1. The van der Waals surface area contributed by atoms with Crippen molar-refractivity contribution < 1.29 is 14.3 Å². The van der Waals surface area contributed by atoms with Crippen molar-refractivity contribution in [3.63, 3.8) is 0 Å². The van der Waals surface area contributed by atoms with Gasteiger partial charge in [-0.15, -0.1) is 12.4 Å². The highest BCUT2D eigenvalue weighted by Crippen LogP contribution is 2.29. The van der Waals surface area contributed by atoms with E-state index < -0.39 is 0 Å². The molecule has 0 fully saturated rings. The lowest BCUT2D eigenvalue weighted by Crippen LogP contribution is -2.37. The van der Waals surface area contributed by atoms with Crippen LogP contribution in [0.2, 0.25) is 5.02 Å². The predicted octanol–water partition coefficient (Wildman–Crippen LogP) is 1.51. The van der Waals surface area contributed by atoms with Crippen LogP contribution < -0.4 is 10.5 Å². The second-order valence-corrected chi connectivity index (χ2v) is 4.93. The first-order valence-corrected chi connectivity index (χ1v) is 6.24. The fourth-order valence-electron chi connectivity index (χ4n) is 1.53. The quantitative estimate of drug-likeness (QED) is 0.846. The summed E-state index contributed by atoms with van der Waals surface area (Å²) in [6, 6.07) is 2.92. The van der Waals surface area contributed by atoms with Crippen LogP contribution in [-0.4, -0.2) is 56.4 Å². The van der Waals surface area contributed by atoms with Gasteiger partial charge in [0.2, 0.25) is 5.91 Å². The number of nitrogens with zero attached hydrogens (tertiary/aromatic N) is 2. The molecule has 6 nitrogen and oxygen atoms in total. The standard InChI is InChI=1S/C13H18ClN3O3.ClH/c1-16(2)12(18)7-17(3)13(19)8-5-9(14)10(15)6-11(8)20-4;/h5-6H,7,15H2,1-4H3;1H. The summed E-state index contributed by atoms with van der Waals surface area (Å²) in [5.41, 5.74) is 6.25. The number of amides is 2.